The van der Waals surface area contributed by atoms with E-state index in [2.05, 4.69) is 5.32 Å². The van der Waals surface area contributed by atoms with E-state index in [9.17, 15) is 29.7 Å². The molecule has 144 valence electrons. The van der Waals surface area contributed by atoms with E-state index in [1.807, 2.05) is 19.1 Å². The maximum Gasteiger partial charge on any atom is 1.00 e. The van der Waals surface area contributed by atoms with Crippen molar-refractivity contribution in [1.82, 2.24) is 5.32 Å². The summed E-state index contributed by atoms with van der Waals surface area (Å²) in [5, 5.41) is 32.7. The Hall–Kier alpha value is -0.930. The molecule has 3 unspecified atom stereocenters. The SMILES string of the molecule is C/C=C/CCCC(=O)NCC[N+](CCO)(C(C)C(=O)[O-])C(C)C(=O)O.[Na+]. The second kappa shape index (κ2) is 14.2. The van der Waals surface area contributed by atoms with Gasteiger partial charge in [-0.3, -0.25) is 4.79 Å². The average Bonchev–Trinajstić information content (AvgIpc) is 2.56. The molecule has 0 aliphatic rings. The number of carbonyl (C=O) groups excluding carboxylic acids is 2. The van der Waals surface area contributed by atoms with Crippen molar-refractivity contribution >= 4 is 17.8 Å². The van der Waals surface area contributed by atoms with E-state index >= 15 is 0 Å². The summed E-state index contributed by atoms with van der Waals surface area (Å²) in [5.74, 6) is -2.73. The number of hydrogen-bond donors (Lipinski definition) is 3. The first-order chi connectivity index (χ1) is 11.7. The molecule has 0 spiro atoms. The molecule has 0 aromatic rings. The summed E-state index contributed by atoms with van der Waals surface area (Å²) in [5.41, 5.74) is 0. The average molecular weight is 381 g/mol. The Bertz CT molecular complexity index is 464. The summed E-state index contributed by atoms with van der Waals surface area (Å²) < 4.78 is -0.396. The molecule has 0 fully saturated rings. The van der Waals surface area contributed by atoms with E-state index in [1.165, 1.54) is 13.8 Å². The van der Waals surface area contributed by atoms with Crippen LogP contribution in [0.15, 0.2) is 12.2 Å². The minimum absolute atomic E-state index is 0. The first kappa shape index (κ1) is 27.3. The normalized spacial score (nSPS) is 15.5. The zero-order chi connectivity index (χ0) is 19.5. The van der Waals surface area contributed by atoms with E-state index in [0.29, 0.717) is 12.8 Å². The van der Waals surface area contributed by atoms with Crippen LogP contribution in [-0.4, -0.2) is 70.9 Å². The third kappa shape index (κ3) is 8.64. The number of aliphatic hydroxyl groups excluding tert-OH is 1. The predicted molar refractivity (Wildman–Crippen MR) is 90.3 cm³/mol. The number of unbranched alkanes of at least 4 members (excludes halogenated alkanes) is 1. The molecule has 0 saturated heterocycles. The number of allylic oxidation sites excluding steroid dienone is 2. The maximum atomic E-state index is 11.8. The van der Waals surface area contributed by atoms with E-state index in [0.717, 1.165) is 6.42 Å². The molecule has 8 nitrogen and oxygen atoms in total. The van der Waals surface area contributed by atoms with Gasteiger partial charge in [0.2, 0.25) is 5.91 Å². The second-order valence-electron chi connectivity index (χ2n) is 6.09. The molecule has 0 rings (SSSR count). The number of nitrogens with one attached hydrogen (secondary N) is 1. The van der Waals surface area contributed by atoms with Crippen molar-refractivity contribution in [2.75, 3.05) is 26.2 Å². The van der Waals surface area contributed by atoms with Crippen LogP contribution in [0.3, 0.4) is 0 Å². The number of carboxylic acids is 2. The largest absolute Gasteiger partial charge is 1.00 e. The monoisotopic (exact) mass is 381 g/mol. The Balaban J connectivity index is 0. The fraction of sp³-hybridized carbons (Fsp3) is 0.706. The topological polar surface area (TPSA) is 127 Å². The zero-order valence-electron chi connectivity index (χ0n) is 16.2. The van der Waals surface area contributed by atoms with Gasteiger partial charge in [0.25, 0.3) is 0 Å². The Morgan fingerprint density at radius 2 is 1.81 bits per heavy atom. The Morgan fingerprint density at radius 1 is 1.19 bits per heavy atom. The summed E-state index contributed by atoms with van der Waals surface area (Å²) in [7, 11) is 0. The van der Waals surface area contributed by atoms with Gasteiger partial charge >= 0.3 is 35.5 Å². The third-order valence-electron chi connectivity index (χ3n) is 4.62. The van der Waals surface area contributed by atoms with E-state index in [4.69, 9.17) is 0 Å². The zero-order valence-corrected chi connectivity index (χ0v) is 18.2. The molecule has 0 aliphatic heterocycles. The van der Waals surface area contributed by atoms with Crippen molar-refractivity contribution in [2.24, 2.45) is 0 Å². The number of carbonyl (C=O) groups is 3. The first-order valence-electron chi connectivity index (χ1n) is 8.51. The standard InChI is InChI=1S/C17H30N2O6.Na/c1-4-5-6-7-8-15(21)18-9-10-19(11-12-20,13(2)16(22)23)14(3)17(24)25;/h4-5,13-14,20H,6-12H2,1-3H3,(H2-,18,21,22,23,24,25);/q;+1/b5-4+;. The molecule has 0 aliphatic carbocycles. The quantitative estimate of drug-likeness (QED) is 0.130. The number of hydrogen-bond acceptors (Lipinski definition) is 5. The molecular formula is C17H30N2NaO6+. The number of amides is 1. The third-order valence-corrected chi connectivity index (χ3v) is 4.62. The van der Waals surface area contributed by atoms with Gasteiger partial charge in [-0.15, -0.1) is 0 Å². The van der Waals surface area contributed by atoms with Crippen molar-refractivity contribution in [3.8, 4) is 0 Å². The van der Waals surface area contributed by atoms with Gasteiger partial charge in [-0.2, -0.15) is 0 Å². The van der Waals surface area contributed by atoms with Gasteiger partial charge in [0, 0.05) is 6.42 Å². The van der Waals surface area contributed by atoms with Crippen LogP contribution < -0.4 is 40.0 Å². The number of carboxylic acid groups (broad SMARTS) is 2. The van der Waals surface area contributed by atoms with Gasteiger partial charge in [0.1, 0.15) is 12.6 Å². The molecule has 0 aromatic carbocycles. The van der Waals surface area contributed by atoms with Crippen LogP contribution in [0.1, 0.15) is 40.0 Å². The summed E-state index contributed by atoms with van der Waals surface area (Å²) in [6.45, 7) is 4.44. The Kier molecular flexibility index (Phi) is 14.9. The van der Waals surface area contributed by atoms with E-state index in [1.54, 1.807) is 0 Å². The summed E-state index contributed by atoms with van der Waals surface area (Å²) in [4.78, 5) is 34.6. The Labute approximate surface area is 177 Å². The summed E-state index contributed by atoms with van der Waals surface area (Å²) in [6.07, 6.45) is 5.72. The fourth-order valence-corrected chi connectivity index (χ4v) is 2.88. The van der Waals surface area contributed by atoms with Crippen molar-refractivity contribution in [2.45, 2.75) is 52.1 Å². The number of aliphatic carboxylic acids is 2. The van der Waals surface area contributed by atoms with Crippen LogP contribution in [0.4, 0.5) is 0 Å². The molecule has 0 aromatic heterocycles. The van der Waals surface area contributed by atoms with Crippen LogP contribution in [0.2, 0.25) is 0 Å². The van der Waals surface area contributed by atoms with Crippen molar-refractivity contribution < 1.29 is 63.7 Å². The second-order valence-corrected chi connectivity index (χ2v) is 6.09. The summed E-state index contributed by atoms with van der Waals surface area (Å²) in [6, 6.07) is -2.20. The molecule has 9 heteroatoms. The molecular weight excluding hydrogens is 351 g/mol. The van der Waals surface area contributed by atoms with Gasteiger partial charge in [0.05, 0.1) is 25.7 Å². The van der Waals surface area contributed by atoms with Crippen LogP contribution in [0.5, 0.6) is 0 Å². The van der Waals surface area contributed by atoms with Gasteiger partial charge < -0.3 is 29.9 Å². The number of nitrogens with zero attached hydrogens (tertiary/aromatic N) is 1. The molecule has 0 radical (unpaired) electrons. The fourth-order valence-electron chi connectivity index (χ4n) is 2.88. The van der Waals surface area contributed by atoms with Crippen molar-refractivity contribution in [1.29, 1.82) is 0 Å². The molecule has 1 amide bonds. The van der Waals surface area contributed by atoms with Gasteiger partial charge in [-0.1, -0.05) is 12.2 Å². The Morgan fingerprint density at radius 3 is 2.27 bits per heavy atom. The summed E-state index contributed by atoms with van der Waals surface area (Å²) >= 11 is 0. The van der Waals surface area contributed by atoms with Crippen LogP contribution in [0.25, 0.3) is 0 Å². The van der Waals surface area contributed by atoms with Crippen molar-refractivity contribution in [3.05, 3.63) is 12.2 Å². The van der Waals surface area contributed by atoms with Crippen LogP contribution in [-0.2, 0) is 14.4 Å². The predicted octanol–water partition coefficient (Wildman–Crippen LogP) is -3.73. The van der Waals surface area contributed by atoms with Gasteiger partial charge in [0.15, 0.2) is 6.04 Å². The molecule has 3 atom stereocenters. The first-order valence-corrected chi connectivity index (χ1v) is 8.51. The number of aliphatic hydroxyl groups is 1. The molecule has 0 heterocycles. The number of rotatable bonds is 13. The molecule has 0 saturated carbocycles. The van der Waals surface area contributed by atoms with Gasteiger partial charge in [-0.05, 0) is 33.6 Å². The van der Waals surface area contributed by atoms with Crippen molar-refractivity contribution in [3.63, 3.8) is 0 Å². The maximum absolute atomic E-state index is 11.8. The number of quaternary nitrogens is 1. The van der Waals surface area contributed by atoms with Crippen LogP contribution >= 0.6 is 0 Å². The van der Waals surface area contributed by atoms with Crippen LogP contribution in [0, 0.1) is 0 Å². The minimum atomic E-state index is -1.39. The molecule has 0 bridgehead atoms. The van der Waals surface area contributed by atoms with E-state index in [-0.39, 0.29) is 61.7 Å². The minimum Gasteiger partial charge on any atom is -0.544 e. The molecule has 26 heavy (non-hydrogen) atoms. The van der Waals surface area contributed by atoms with Gasteiger partial charge in [-0.25, -0.2) is 4.79 Å². The smallest absolute Gasteiger partial charge is 0.544 e. The van der Waals surface area contributed by atoms with E-state index < -0.39 is 28.5 Å². The molecule has 3 N–H and O–H groups in total.